The second kappa shape index (κ2) is 9.69. The first-order valence-corrected chi connectivity index (χ1v) is 9.14. The highest BCUT2D eigenvalue weighted by Gasteiger charge is 2.12. The van der Waals surface area contributed by atoms with Crippen LogP contribution < -0.4 is 10.6 Å². The number of hydrogen-bond donors (Lipinski definition) is 2. The van der Waals surface area contributed by atoms with Crippen LogP contribution in [-0.4, -0.2) is 24.4 Å². The van der Waals surface area contributed by atoms with Crippen molar-refractivity contribution in [2.75, 3.05) is 17.2 Å². The zero-order valence-electron chi connectivity index (χ0n) is 16.7. The van der Waals surface area contributed by atoms with Crippen LogP contribution in [0.5, 0.6) is 0 Å². The SMILES string of the molecule is Cc1ccc(C)c(NC(=O)COC(=O)CCC(=O)Nc2ccc(C)c(C)c2)c1. The molecule has 6 nitrogen and oxygen atoms in total. The van der Waals surface area contributed by atoms with E-state index in [0.29, 0.717) is 11.4 Å². The maximum atomic E-state index is 12.0. The summed E-state index contributed by atoms with van der Waals surface area (Å²) in [4.78, 5) is 35.7. The van der Waals surface area contributed by atoms with Crippen molar-refractivity contribution in [2.45, 2.75) is 40.5 Å². The summed E-state index contributed by atoms with van der Waals surface area (Å²) in [5, 5.41) is 5.47. The quantitative estimate of drug-likeness (QED) is 0.713. The van der Waals surface area contributed by atoms with E-state index >= 15 is 0 Å². The lowest BCUT2D eigenvalue weighted by atomic mass is 10.1. The first-order valence-electron chi connectivity index (χ1n) is 9.14. The number of hydrogen-bond acceptors (Lipinski definition) is 4. The van der Waals surface area contributed by atoms with E-state index in [2.05, 4.69) is 10.6 Å². The Hall–Kier alpha value is -3.15. The predicted octanol–water partition coefficient (Wildman–Crippen LogP) is 3.82. The van der Waals surface area contributed by atoms with Gasteiger partial charge < -0.3 is 15.4 Å². The lowest BCUT2D eigenvalue weighted by Gasteiger charge is -2.10. The van der Waals surface area contributed by atoms with E-state index in [4.69, 9.17) is 4.74 Å². The summed E-state index contributed by atoms with van der Waals surface area (Å²) in [7, 11) is 0. The van der Waals surface area contributed by atoms with E-state index < -0.39 is 11.9 Å². The lowest BCUT2D eigenvalue weighted by Crippen LogP contribution is -2.22. The van der Waals surface area contributed by atoms with Crippen molar-refractivity contribution in [3.8, 4) is 0 Å². The molecule has 28 heavy (non-hydrogen) atoms. The number of amides is 2. The Balaban J connectivity index is 1.73. The number of carbonyl (C=O) groups is 3. The van der Waals surface area contributed by atoms with Crippen LogP contribution in [0.4, 0.5) is 11.4 Å². The number of esters is 1. The van der Waals surface area contributed by atoms with E-state index in [1.54, 1.807) is 0 Å². The van der Waals surface area contributed by atoms with Crippen LogP contribution in [-0.2, 0) is 19.1 Å². The molecule has 0 radical (unpaired) electrons. The molecule has 2 aromatic rings. The molecule has 0 aliphatic rings. The van der Waals surface area contributed by atoms with Crippen molar-refractivity contribution < 1.29 is 19.1 Å². The summed E-state index contributed by atoms with van der Waals surface area (Å²) >= 11 is 0. The van der Waals surface area contributed by atoms with Gasteiger partial charge in [-0.2, -0.15) is 0 Å². The molecule has 2 rings (SSSR count). The number of aryl methyl sites for hydroxylation is 4. The van der Waals surface area contributed by atoms with Gasteiger partial charge in [0, 0.05) is 17.8 Å². The largest absolute Gasteiger partial charge is 0.456 e. The molecule has 0 bridgehead atoms. The second-order valence-corrected chi connectivity index (χ2v) is 6.87. The molecule has 2 N–H and O–H groups in total. The summed E-state index contributed by atoms with van der Waals surface area (Å²) in [5.74, 6) is -1.28. The molecule has 148 valence electrons. The topological polar surface area (TPSA) is 84.5 Å². The molecular weight excluding hydrogens is 356 g/mol. The fourth-order valence-electron chi connectivity index (χ4n) is 2.53. The Morgan fingerprint density at radius 2 is 1.50 bits per heavy atom. The molecule has 0 spiro atoms. The van der Waals surface area contributed by atoms with Gasteiger partial charge in [0.1, 0.15) is 0 Å². The Bertz CT molecular complexity index is 890. The van der Waals surface area contributed by atoms with Gasteiger partial charge in [-0.1, -0.05) is 18.2 Å². The number of benzene rings is 2. The van der Waals surface area contributed by atoms with Crippen molar-refractivity contribution in [3.05, 3.63) is 58.7 Å². The molecule has 0 unspecified atom stereocenters. The number of nitrogens with one attached hydrogen (secondary N) is 2. The van der Waals surface area contributed by atoms with Crippen molar-refractivity contribution in [2.24, 2.45) is 0 Å². The van der Waals surface area contributed by atoms with Gasteiger partial charge in [0.25, 0.3) is 5.91 Å². The Kier molecular flexibility index (Phi) is 7.32. The third-order valence-corrected chi connectivity index (χ3v) is 4.38. The molecule has 2 amide bonds. The summed E-state index contributed by atoms with van der Waals surface area (Å²) < 4.78 is 4.95. The first kappa shape index (κ1) is 21.2. The van der Waals surface area contributed by atoms with E-state index in [1.807, 2.05) is 64.1 Å². The molecule has 0 aromatic heterocycles. The Labute approximate surface area is 165 Å². The first-order chi connectivity index (χ1) is 13.2. The van der Waals surface area contributed by atoms with Gasteiger partial charge in [-0.15, -0.1) is 0 Å². The minimum Gasteiger partial charge on any atom is -0.456 e. The molecule has 0 aliphatic carbocycles. The van der Waals surface area contributed by atoms with Crippen LogP contribution in [0.15, 0.2) is 36.4 Å². The van der Waals surface area contributed by atoms with Gasteiger partial charge in [-0.3, -0.25) is 14.4 Å². The number of carbonyl (C=O) groups excluding carboxylic acids is 3. The third kappa shape index (κ3) is 6.54. The van der Waals surface area contributed by atoms with Crippen molar-refractivity contribution >= 4 is 29.2 Å². The fourth-order valence-corrected chi connectivity index (χ4v) is 2.53. The average Bonchev–Trinajstić information content (AvgIpc) is 2.64. The highest BCUT2D eigenvalue weighted by atomic mass is 16.5. The van der Waals surface area contributed by atoms with Crippen LogP contribution in [0.3, 0.4) is 0 Å². The van der Waals surface area contributed by atoms with E-state index in [-0.39, 0.29) is 25.4 Å². The predicted molar refractivity (Wildman–Crippen MR) is 109 cm³/mol. The van der Waals surface area contributed by atoms with Gasteiger partial charge in [-0.05, 0) is 68.1 Å². The number of rotatable bonds is 7. The summed E-state index contributed by atoms with van der Waals surface area (Å²) in [6.07, 6.45) is -0.0994. The smallest absolute Gasteiger partial charge is 0.306 e. The minimum atomic E-state index is -0.591. The number of anilines is 2. The van der Waals surface area contributed by atoms with Crippen LogP contribution >= 0.6 is 0 Å². The molecule has 0 heterocycles. The molecule has 0 saturated heterocycles. The Morgan fingerprint density at radius 3 is 2.21 bits per heavy atom. The zero-order chi connectivity index (χ0) is 20.7. The van der Waals surface area contributed by atoms with Crippen molar-refractivity contribution in [3.63, 3.8) is 0 Å². The van der Waals surface area contributed by atoms with Crippen molar-refractivity contribution in [1.82, 2.24) is 0 Å². The van der Waals surface area contributed by atoms with Gasteiger partial charge in [0.2, 0.25) is 5.91 Å². The van der Waals surface area contributed by atoms with E-state index in [0.717, 1.165) is 22.3 Å². The van der Waals surface area contributed by atoms with Gasteiger partial charge in [-0.25, -0.2) is 0 Å². The monoisotopic (exact) mass is 382 g/mol. The van der Waals surface area contributed by atoms with Crippen LogP contribution in [0.2, 0.25) is 0 Å². The van der Waals surface area contributed by atoms with Crippen molar-refractivity contribution in [1.29, 1.82) is 0 Å². The van der Waals surface area contributed by atoms with E-state index in [9.17, 15) is 14.4 Å². The highest BCUT2D eigenvalue weighted by molar-refractivity contribution is 5.95. The van der Waals surface area contributed by atoms with Crippen LogP contribution in [0.25, 0.3) is 0 Å². The van der Waals surface area contributed by atoms with Gasteiger partial charge in [0.05, 0.1) is 6.42 Å². The maximum absolute atomic E-state index is 12.0. The molecule has 0 atom stereocenters. The molecule has 0 aliphatic heterocycles. The maximum Gasteiger partial charge on any atom is 0.306 e. The van der Waals surface area contributed by atoms with Gasteiger partial charge in [0.15, 0.2) is 6.61 Å². The number of ether oxygens (including phenoxy) is 1. The third-order valence-electron chi connectivity index (χ3n) is 4.38. The fraction of sp³-hybridized carbons (Fsp3) is 0.318. The van der Waals surface area contributed by atoms with Gasteiger partial charge >= 0.3 is 5.97 Å². The summed E-state index contributed by atoms with van der Waals surface area (Å²) in [6, 6.07) is 11.3. The molecule has 6 heteroatoms. The lowest BCUT2D eigenvalue weighted by molar-refractivity contribution is -0.147. The zero-order valence-corrected chi connectivity index (χ0v) is 16.7. The second-order valence-electron chi connectivity index (χ2n) is 6.87. The highest BCUT2D eigenvalue weighted by Crippen LogP contribution is 2.16. The van der Waals surface area contributed by atoms with E-state index in [1.165, 1.54) is 0 Å². The van der Waals surface area contributed by atoms with Crippen LogP contribution in [0.1, 0.15) is 35.1 Å². The normalized spacial score (nSPS) is 10.3. The average molecular weight is 382 g/mol. The molecule has 0 fully saturated rings. The molecule has 2 aromatic carbocycles. The molecular formula is C22H26N2O4. The minimum absolute atomic E-state index is 0.00956. The summed E-state index contributed by atoms with van der Waals surface area (Å²) in [5.41, 5.74) is 5.54. The summed E-state index contributed by atoms with van der Waals surface area (Å²) in [6.45, 7) is 7.39. The van der Waals surface area contributed by atoms with Crippen LogP contribution in [0, 0.1) is 27.7 Å². The molecule has 0 saturated carbocycles. The Morgan fingerprint density at radius 1 is 0.786 bits per heavy atom. The standard InChI is InChI=1S/C22H26N2O4/c1-14-5-6-16(3)19(11-14)24-21(26)13-28-22(27)10-9-20(25)23-18-8-7-15(2)17(4)12-18/h5-8,11-12H,9-10,13H2,1-4H3,(H,23,25)(H,24,26).